The Morgan fingerprint density at radius 1 is 1.33 bits per heavy atom. The normalized spacial score (nSPS) is 18.9. The zero-order valence-corrected chi connectivity index (χ0v) is 9.93. The largest absolute Gasteiger partial charge is 0.508 e. The minimum Gasteiger partial charge on any atom is -0.508 e. The average Bonchev–Trinajstić information content (AvgIpc) is 2.68. The first-order valence-corrected chi connectivity index (χ1v) is 6.08. The second-order valence-electron chi connectivity index (χ2n) is 4.61. The molecule has 0 radical (unpaired) electrons. The van der Waals surface area contributed by atoms with E-state index in [9.17, 15) is 18.3 Å². The van der Waals surface area contributed by atoms with Gasteiger partial charge in [0.2, 0.25) is 0 Å². The van der Waals surface area contributed by atoms with Crippen molar-refractivity contribution in [2.45, 2.75) is 37.9 Å². The molecule has 0 aromatic heterocycles. The third-order valence-corrected chi connectivity index (χ3v) is 3.27. The number of rotatable bonds is 4. The Hall–Kier alpha value is -1.23. The Kier molecular flexibility index (Phi) is 3.80. The van der Waals surface area contributed by atoms with Gasteiger partial charge in [-0.25, -0.2) is 0 Å². The highest BCUT2D eigenvalue weighted by atomic mass is 19.4. The number of halogens is 3. The summed E-state index contributed by atoms with van der Waals surface area (Å²) >= 11 is 0. The summed E-state index contributed by atoms with van der Waals surface area (Å²) in [7, 11) is 0. The van der Waals surface area contributed by atoms with Gasteiger partial charge in [0.15, 0.2) is 0 Å². The lowest BCUT2D eigenvalue weighted by Crippen LogP contribution is -2.22. The minimum absolute atomic E-state index is 0.0698. The van der Waals surface area contributed by atoms with Crippen LogP contribution in [0.4, 0.5) is 13.2 Å². The predicted molar refractivity (Wildman–Crippen MR) is 62.5 cm³/mol. The maximum Gasteiger partial charge on any atom is 0.389 e. The Labute approximate surface area is 104 Å². The molecule has 0 amide bonds. The fourth-order valence-corrected chi connectivity index (χ4v) is 2.41. The van der Waals surface area contributed by atoms with Crippen molar-refractivity contribution in [3.8, 4) is 5.75 Å². The lowest BCUT2D eigenvalue weighted by Gasteiger charge is -2.14. The number of aromatic hydroxyl groups is 1. The highest BCUT2D eigenvalue weighted by Crippen LogP contribution is 2.36. The van der Waals surface area contributed by atoms with Gasteiger partial charge in [0, 0.05) is 12.5 Å². The van der Waals surface area contributed by atoms with Crippen LogP contribution in [-0.2, 0) is 6.42 Å². The Morgan fingerprint density at radius 2 is 2.11 bits per heavy atom. The smallest absolute Gasteiger partial charge is 0.389 e. The van der Waals surface area contributed by atoms with Crippen LogP contribution in [0.5, 0.6) is 5.75 Å². The van der Waals surface area contributed by atoms with E-state index in [2.05, 4.69) is 5.32 Å². The molecule has 2 rings (SSSR count). The third-order valence-electron chi connectivity index (χ3n) is 3.27. The van der Waals surface area contributed by atoms with Gasteiger partial charge in [-0.05, 0) is 43.0 Å². The first-order valence-electron chi connectivity index (χ1n) is 6.08. The summed E-state index contributed by atoms with van der Waals surface area (Å²) in [6.07, 6.45) is -3.13. The van der Waals surface area contributed by atoms with E-state index in [1.165, 1.54) is 0 Å². The molecule has 2 nitrogen and oxygen atoms in total. The lowest BCUT2D eigenvalue weighted by molar-refractivity contribution is -0.135. The number of nitrogens with one attached hydrogen (secondary N) is 1. The quantitative estimate of drug-likeness (QED) is 0.813. The number of hydrogen-bond donors (Lipinski definition) is 2. The highest BCUT2D eigenvalue weighted by Gasteiger charge is 2.27. The van der Waals surface area contributed by atoms with Crippen LogP contribution in [0.15, 0.2) is 18.2 Å². The van der Waals surface area contributed by atoms with E-state index in [4.69, 9.17) is 0 Å². The van der Waals surface area contributed by atoms with Crippen LogP contribution in [-0.4, -0.2) is 17.8 Å². The summed E-state index contributed by atoms with van der Waals surface area (Å²) in [6.45, 7) is 0.347. The first kappa shape index (κ1) is 13.2. The fourth-order valence-electron chi connectivity index (χ4n) is 2.41. The van der Waals surface area contributed by atoms with E-state index in [1.807, 2.05) is 6.07 Å². The molecule has 0 bridgehead atoms. The summed E-state index contributed by atoms with van der Waals surface area (Å²) < 4.78 is 36.0. The number of alkyl halides is 3. The predicted octanol–water partition coefficient (Wildman–Crippen LogP) is 3.31. The molecule has 100 valence electrons. The molecule has 5 heteroatoms. The lowest BCUT2D eigenvalue weighted by atomic mass is 10.1. The summed E-state index contributed by atoms with van der Waals surface area (Å²) in [4.78, 5) is 0. The highest BCUT2D eigenvalue weighted by molar-refractivity contribution is 5.44. The van der Waals surface area contributed by atoms with E-state index in [-0.39, 0.29) is 18.2 Å². The molecule has 0 heterocycles. The SMILES string of the molecule is Oc1cccc2c1CCC2NCCCC(F)(F)F. The Balaban J connectivity index is 1.85. The van der Waals surface area contributed by atoms with Gasteiger partial charge in [-0.2, -0.15) is 13.2 Å². The van der Waals surface area contributed by atoms with Gasteiger partial charge in [0.05, 0.1) is 0 Å². The van der Waals surface area contributed by atoms with Crippen molar-refractivity contribution in [2.24, 2.45) is 0 Å². The van der Waals surface area contributed by atoms with Crippen LogP contribution < -0.4 is 5.32 Å². The van der Waals surface area contributed by atoms with Crippen molar-refractivity contribution in [3.63, 3.8) is 0 Å². The number of phenolic OH excluding ortho intramolecular Hbond substituents is 1. The van der Waals surface area contributed by atoms with Crippen molar-refractivity contribution >= 4 is 0 Å². The van der Waals surface area contributed by atoms with E-state index in [0.717, 1.165) is 24.0 Å². The monoisotopic (exact) mass is 259 g/mol. The second-order valence-corrected chi connectivity index (χ2v) is 4.61. The van der Waals surface area contributed by atoms with Crippen LogP contribution in [0.3, 0.4) is 0 Å². The number of benzene rings is 1. The minimum atomic E-state index is -4.08. The molecule has 0 fully saturated rings. The molecule has 1 aliphatic rings. The van der Waals surface area contributed by atoms with E-state index in [1.54, 1.807) is 12.1 Å². The van der Waals surface area contributed by atoms with Crippen LogP contribution in [0.1, 0.15) is 36.4 Å². The van der Waals surface area contributed by atoms with Crippen LogP contribution in [0.2, 0.25) is 0 Å². The van der Waals surface area contributed by atoms with Gasteiger partial charge in [-0.3, -0.25) is 0 Å². The number of fused-ring (bicyclic) bond motifs is 1. The van der Waals surface area contributed by atoms with Crippen LogP contribution >= 0.6 is 0 Å². The van der Waals surface area contributed by atoms with Crippen molar-refractivity contribution in [1.82, 2.24) is 5.32 Å². The molecular weight excluding hydrogens is 243 g/mol. The molecule has 1 atom stereocenters. The first-order chi connectivity index (χ1) is 8.47. The maximum atomic E-state index is 12.0. The van der Waals surface area contributed by atoms with Gasteiger partial charge in [0.1, 0.15) is 5.75 Å². The van der Waals surface area contributed by atoms with Crippen molar-refractivity contribution < 1.29 is 18.3 Å². The molecule has 0 spiro atoms. The molecule has 1 aromatic carbocycles. The van der Waals surface area contributed by atoms with Gasteiger partial charge in [0.25, 0.3) is 0 Å². The van der Waals surface area contributed by atoms with E-state index >= 15 is 0 Å². The van der Waals surface area contributed by atoms with Gasteiger partial charge < -0.3 is 10.4 Å². The molecule has 0 saturated heterocycles. The fraction of sp³-hybridized carbons (Fsp3) is 0.538. The summed E-state index contributed by atoms with van der Waals surface area (Å²) in [6, 6.07) is 5.40. The van der Waals surface area contributed by atoms with Crippen LogP contribution in [0.25, 0.3) is 0 Å². The summed E-state index contributed by atoms with van der Waals surface area (Å²) in [5.74, 6) is 0.284. The topological polar surface area (TPSA) is 32.3 Å². The number of hydrogen-bond acceptors (Lipinski definition) is 2. The molecule has 2 N–H and O–H groups in total. The molecule has 1 unspecified atom stereocenters. The maximum absolute atomic E-state index is 12.0. The van der Waals surface area contributed by atoms with Crippen molar-refractivity contribution in [3.05, 3.63) is 29.3 Å². The van der Waals surface area contributed by atoms with E-state index in [0.29, 0.717) is 6.54 Å². The van der Waals surface area contributed by atoms with Crippen molar-refractivity contribution in [2.75, 3.05) is 6.54 Å². The average molecular weight is 259 g/mol. The molecule has 1 aromatic rings. The van der Waals surface area contributed by atoms with Crippen molar-refractivity contribution in [1.29, 1.82) is 0 Å². The molecule has 1 aliphatic carbocycles. The zero-order valence-electron chi connectivity index (χ0n) is 9.93. The number of phenols is 1. The molecule has 0 saturated carbocycles. The Morgan fingerprint density at radius 3 is 2.83 bits per heavy atom. The summed E-state index contributed by atoms with van der Waals surface area (Å²) in [5, 5.41) is 12.8. The molecular formula is C13H16F3NO. The molecule has 0 aliphatic heterocycles. The molecule has 18 heavy (non-hydrogen) atoms. The van der Waals surface area contributed by atoms with E-state index < -0.39 is 12.6 Å². The van der Waals surface area contributed by atoms with Gasteiger partial charge >= 0.3 is 6.18 Å². The second kappa shape index (κ2) is 5.18. The third kappa shape index (κ3) is 3.16. The zero-order chi connectivity index (χ0) is 13.2. The summed E-state index contributed by atoms with van der Waals surface area (Å²) in [5.41, 5.74) is 1.94. The van der Waals surface area contributed by atoms with Gasteiger partial charge in [-0.1, -0.05) is 12.1 Å². The van der Waals surface area contributed by atoms with Gasteiger partial charge in [-0.15, -0.1) is 0 Å². The Bertz CT molecular complexity index is 417. The standard InChI is InChI=1S/C13H16F3NO/c14-13(15,16)7-2-8-17-11-6-5-10-9(11)3-1-4-12(10)18/h1,3-4,11,17-18H,2,5-8H2. The van der Waals surface area contributed by atoms with Crippen LogP contribution in [0, 0.1) is 0 Å².